The van der Waals surface area contributed by atoms with Gasteiger partial charge in [0.1, 0.15) is 0 Å². The van der Waals surface area contributed by atoms with Gasteiger partial charge < -0.3 is 0 Å². The molecule has 0 saturated heterocycles. The SMILES string of the molecule is [O]=[W](=[O])(=[O])(=[O])(=[O])(=[O])(=[O])=[O]. The van der Waals surface area contributed by atoms with E-state index in [4.69, 9.17) is 27.2 Å². The van der Waals surface area contributed by atoms with Crippen molar-refractivity contribution in [1.82, 2.24) is 0 Å². The van der Waals surface area contributed by atoms with E-state index < -0.39 is 10.8 Å². The second kappa shape index (κ2) is 0.358. The van der Waals surface area contributed by atoms with Gasteiger partial charge in [-0.1, -0.05) is 0 Å². The Morgan fingerprint density at radius 2 is 0.444 bits per heavy atom. The first-order chi connectivity index (χ1) is 2.83. The minimum atomic E-state index is -13.4. The van der Waals surface area contributed by atoms with E-state index in [0.717, 1.165) is 0 Å². The van der Waals surface area contributed by atoms with Crippen LogP contribution in [-0.2, 0) is 37.9 Å². The van der Waals surface area contributed by atoms with E-state index in [-0.39, 0.29) is 0 Å². The zero-order valence-corrected chi connectivity index (χ0v) is 6.61. The summed E-state index contributed by atoms with van der Waals surface area (Å²) in [5, 5.41) is 0. The van der Waals surface area contributed by atoms with Gasteiger partial charge in [-0.25, -0.2) is 0 Å². The molecule has 0 amide bonds. The van der Waals surface area contributed by atoms with Crippen LogP contribution >= 0.6 is 0 Å². The Kier molecular flexibility index (Phi) is 0.322. The molecule has 0 aromatic heterocycles. The van der Waals surface area contributed by atoms with Crippen LogP contribution in [0.3, 0.4) is 0 Å². The van der Waals surface area contributed by atoms with E-state index in [2.05, 4.69) is 0 Å². The molecule has 9 heteroatoms. The molecular formula is O8W. The third-order valence-electron chi connectivity index (χ3n) is 0. The normalized spacial score (nSPS) is 16.0. The van der Waals surface area contributed by atoms with Crippen molar-refractivity contribution in [3.8, 4) is 0 Å². The fraction of sp³-hybridized carbons (Fsp3) is 0. The Labute approximate surface area is 38.7 Å². The van der Waals surface area contributed by atoms with Crippen molar-refractivity contribution in [2.24, 2.45) is 0 Å². The van der Waals surface area contributed by atoms with Crippen molar-refractivity contribution >= 4 is 0 Å². The third-order valence-corrected chi connectivity index (χ3v) is 0. The van der Waals surface area contributed by atoms with Crippen molar-refractivity contribution in [3.05, 3.63) is 0 Å². The van der Waals surface area contributed by atoms with Gasteiger partial charge in [-0.15, -0.1) is 0 Å². The minimum absolute atomic E-state index is 8.70. The molecule has 0 radical (unpaired) electrons. The van der Waals surface area contributed by atoms with Gasteiger partial charge in [0.15, 0.2) is 0 Å². The second-order valence-corrected chi connectivity index (χ2v) is 15.6. The number of hydrogen-bond donors (Lipinski definition) is 0. The number of rotatable bonds is 0. The van der Waals surface area contributed by atoms with Crippen LogP contribution in [0.4, 0.5) is 0 Å². The van der Waals surface area contributed by atoms with Crippen LogP contribution in [0, 0.1) is 0 Å². The maximum atomic E-state index is 8.70. The fourth-order valence-corrected chi connectivity index (χ4v) is 0. The van der Waals surface area contributed by atoms with Crippen LogP contribution in [0.5, 0.6) is 0 Å². The van der Waals surface area contributed by atoms with Gasteiger partial charge in [0.05, 0.1) is 0 Å². The fourth-order valence-electron chi connectivity index (χ4n) is 0. The van der Waals surface area contributed by atoms with Crippen molar-refractivity contribution in [1.29, 1.82) is 0 Å². The molecule has 0 spiro atoms. The summed E-state index contributed by atoms with van der Waals surface area (Å²) < 4.78 is 69.6. The molecule has 0 N–H and O–H groups in total. The Morgan fingerprint density at radius 1 is 0.444 bits per heavy atom. The molecule has 0 aromatic rings. The van der Waals surface area contributed by atoms with Gasteiger partial charge in [-0.3, -0.25) is 0 Å². The predicted octanol–water partition coefficient (Wildman–Crippen LogP) is -0.953. The predicted molar refractivity (Wildman–Crippen MR) is 5.49 cm³/mol. The van der Waals surface area contributed by atoms with E-state index >= 15 is 0 Å². The monoisotopic (exact) mass is 312 g/mol. The summed E-state index contributed by atoms with van der Waals surface area (Å²) in [6, 6.07) is 0. The van der Waals surface area contributed by atoms with Gasteiger partial charge in [-0.2, -0.15) is 0 Å². The molecule has 9 heavy (non-hydrogen) atoms. The standard InChI is InChI=1S/8O.W. The molecule has 0 unspecified atom stereocenters. The summed E-state index contributed by atoms with van der Waals surface area (Å²) in [7, 11) is -13.4. The first-order valence-corrected chi connectivity index (χ1v) is 10.9. The average molecular weight is 312 g/mol. The maximum absolute atomic E-state index is 13.4. The Hall–Kier alpha value is -0.912. The summed E-state index contributed by atoms with van der Waals surface area (Å²) in [5.74, 6) is 0. The zero-order chi connectivity index (χ0) is 8.35. The quantitative estimate of drug-likeness (QED) is 0.558. The van der Waals surface area contributed by atoms with Crippen molar-refractivity contribution in [3.63, 3.8) is 0 Å². The Morgan fingerprint density at radius 3 is 0.444 bits per heavy atom. The molecule has 0 aliphatic carbocycles. The van der Waals surface area contributed by atoms with Crippen LogP contribution in [0.2, 0.25) is 0 Å². The Bertz CT molecular complexity index is 876. The van der Waals surface area contributed by atoms with Crippen molar-refractivity contribution < 1.29 is 37.9 Å². The summed E-state index contributed by atoms with van der Waals surface area (Å²) in [6.07, 6.45) is 0. The van der Waals surface area contributed by atoms with E-state index in [1.54, 1.807) is 0 Å². The second-order valence-electron chi connectivity index (χ2n) is 1.91. The molecule has 0 bridgehead atoms. The van der Waals surface area contributed by atoms with E-state index in [0.29, 0.717) is 0 Å². The molecule has 0 fully saturated rings. The van der Waals surface area contributed by atoms with E-state index in [1.807, 2.05) is 0 Å². The van der Waals surface area contributed by atoms with Crippen molar-refractivity contribution in [2.45, 2.75) is 0 Å². The molecule has 0 saturated carbocycles. The topological polar surface area (TPSA) is 137 Å². The molecule has 0 aliphatic rings. The summed E-state index contributed by atoms with van der Waals surface area (Å²) in [5.41, 5.74) is 0. The number of hydrogen-bond acceptors (Lipinski definition) is 8. The molecule has 54 valence electrons. The van der Waals surface area contributed by atoms with Crippen LogP contribution in [0.1, 0.15) is 0 Å². The Balaban J connectivity index is 11.7. The molecule has 0 aliphatic heterocycles. The molecule has 0 heterocycles. The van der Waals surface area contributed by atoms with Crippen LogP contribution in [-0.4, -0.2) is 0 Å². The first-order valence-electron chi connectivity index (χ1n) is 1.33. The van der Waals surface area contributed by atoms with Crippen LogP contribution in [0.25, 0.3) is 0 Å². The zero-order valence-electron chi connectivity index (χ0n) is 3.67. The molecular weight excluding hydrogens is 312 g/mol. The molecule has 0 aromatic carbocycles. The first kappa shape index (κ1) is 8.09. The molecule has 0 atom stereocenters. The average Bonchev–Trinajstić information content (AvgIpc) is 0.503. The van der Waals surface area contributed by atoms with E-state index in [1.165, 1.54) is 0 Å². The van der Waals surface area contributed by atoms with Gasteiger partial charge in [0.25, 0.3) is 0 Å². The van der Waals surface area contributed by atoms with Gasteiger partial charge in [0, 0.05) is 0 Å². The summed E-state index contributed by atoms with van der Waals surface area (Å²) >= 11 is 0. The summed E-state index contributed by atoms with van der Waals surface area (Å²) in [4.78, 5) is 0. The third kappa shape index (κ3) is 221. The van der Waals surface area contributed by atoms with Gasteiger partial charge in [-0.05, 0) is 0 Å². The van der Waals surface area contributed by atoms with Gasteiger partial charge in [0.2, 0.25) is 0 Å². The van der Waals surface area contributed by atoms with E-state index in [9.17, 15) is 0 Å². The molecule has 0 rings (SSSR count). The summed E-state index contributed by atoms with van der Waals surface area (Å²) in [6.45, 7) is 0. The van der Waals surface area contributed by atoms with Crippen LogP contribution < -0.4 is 0 Å². The van der Waals surface area contributed by atoms with Crippen molar-refractivity contribution in [2.75, 3.05) is 0 Å². The van der Waals surface area contributed by atoms with Crippen LogP contribution in [0.15, 0.2) is 0 Å². The van der Waals surface area contributed by atoms with Gasteiger partial charge >= 0.3 is 37.9 Å². The molecule has 8 nitrogen and oxygen atoms in total.